The van der Waals surface area contributed by atoms with Gasteiger partial charge in [-0.3, -0.25) is 9.78 Å². The fourth-order valence-corrected chi connectivity index (χ4v) is 2.50. The highest BCUT2D eigenvalue weighted by Crippen LogP contribution is 2.38. The predicted molar refractivity (Wildman–Crippen MR) is 64.8 cm³/mol. The number of H-pyrrole nitrogens is 1. The minimum Gasteiger partial charge on any atom is -0.453 e. The number of nitrogens with two attached hydrogens (primary N) is 1. The Kier molecular flexibility index (Phi) is 1.91. The van der Waals surface area contributed by atoms with Crippen molar-refractivity contribution in [2.75, 3.05) is 5.73 Å². The minimum absolute atomic E-state index is 0.148. The van der Waals surface area contributed by atoms with Crippen molar-refractivity contribution in [1.29, 1.82) is 0 Å². The number of nitrogen functional groups attached to an aromatic ring is 1. The molecule has 5 nitrogen and oxygen atoms in total. The van der Waals surface area contributed by atoms with Crippen LogP contribution >= 0.6 is 0 Å². The molecule has 5 heteroatoms. The maximum atomic E-state index is 11.7. The van der Waals surface area contributed by atoms with Crippen LogP contribution in [0.3, 0.4) is 0 Å². The zero-order valence-electron chi connectivity index (χ0n) is 9.96. The second kappa shape index (κ2) is 3.12. The number of furan rings is 1. The fraction of sp³-hybridized carbons (Fsp3) is 0.500. The Labute approximate surface area is 98.0 Å². The number of aromatic nitrogens is 2. The van der Waals surface area contributed by atoms with Gasteiger partial charge in [0.2, 0.25) is 11.5 Å². The van der Waals surface area contributed by atoms with Crippen LogP contribution < -0.4 is 11.3 Å². The highest BCUT2D eigenvalue weighted by atomic mass is 16.3. The van der Waals surface area contributed by atoms with Gasteiger partial charge < -0.3 is 10.2 Å². The second-order valence-corrected chi connectivity index (χ2v) is 5.47. The number of aryl methyl sites for hydroxylation is 1. The van der Waals surface area contributed by atoms with E-state index in [1.54, 1.807) is 0 Å². The molecule has 0 amide bonds. The molecule has 0 atom stereocenters. The molecule has 0 saturated heterocycles. The average molecular weight is 233 g/mol. The summed E-state index contributed by atoms with van der Waals surface area (Å²) in [5.74, 6) is 1.04. The van der Waals surface area contributed by atoms with Crippen molar-refractivity contribution in [3.05, 3.63) is 21.7 Å². The number of anilines is 1. The molecule has 0 fully saturated rings. The highest BCUT2D eigenvalue weighted by molar-refractivity contribution is 5.78. The predicted octanol–water partition coefficient (Wildman–Crippen LogP) is 1.61. The molecule has 0 unspecified atom stereocenters. The first-order valence-electron chi connectivity index (χ1n) is 5.76. The van der Waals surface area contributed by atoms with Crippen LogP contribution in [-0.4, -0.2) is 9.97 Å². The molecule has 90 valence electrons. The molecule has 0 spiro atoms. The first-order valence-corrected chi connectivity index (χ1v) is 5.76. The van der Waals surface area contributed by atoms with Crippen molar-refractivity contribution in [2.24, 2.45) is 5.41 Å². The van der Waals surface area contributed by atoms with Gasteiger partial charge in [0.1, 0.15) is 11.3 Å². The van der Waals surface area contributed by atoms with Gasteiger partial charge in [-0.25, -0.2) is 4.98 Å². The normalized spacial score (nSPS) is 18.2. The third-order valence-electron chi connectivity index (χ3n) is 3.43. The van der Waals surface area contributed by atoms with Crippen molar-refractivity contribution >= 4 is 17.0 Å². The average Bonchev–Trinajstić information content (AvgIpc) is 2.55. The summed E-state index contributed by atoms with van der Waals surface area (Å²) in [7, 11) is 0. The quantitative estimate of drug-likeness (QED) is 0.724. The Morgan fingerprint density at radius 1 is 1.47 bits per heavy atom. The third-order valence-corrected chi connectivity index (χ3v) is 3.43. The SMILES string of the molecule is CC1(C)CCc2oc3c(=O)[nH]c(N)nc3c2C1. The summed E-state index contributed by atoms with van der Waals surface area (Å²) in [5, 5.41) is 0. The number of nitrogens with one attached hydrogen (secondary N) is 1. The summed E-state index contributed by atoms with van der Waals surface area (Å²) < 4.78 is 5.61. The third kappa shape index (κ3) is 1.53. The number of hydrogen-bond acceptors (Lipinski definition) is 4. The topological polar surface area (TPSA) is 84.9 Å². The number of rotatable bonds is 0. The summed E-state index contributed by atoms with van der Waals surface area (Å²) in [4.78, 5) is 18.4. The Hall–Kier alpha value is -1.78. The summed E-state index contributed by atoms with van der Waals surface area (Å²) in [6.07, 6.45) is 2.80. The molecule has 0 saturated carbocycles. The van der Waals surface area contributed by atoms with E-state index in [4.69, 9.17) is 10.2 Å². The fourth-order valence-electron chi connectivity index (χ4n) is 2.50. The monoisotopic (exact) mass is 233 g/mol. The van der Waals surface area contributed by atoms with E-state index < -0.39 is 0 Å². The van der Waals surface area contributed by atoms with Crippen molar-refractivity contribution in [2.45, 2.75) is 33.1 Å². The lowest BCUT2D eigenvalue weighted by Gasteiger charge is -2.28. The van der Waals surface area contributed by atoms with Crippen molar-refractivity contribution in [1.82, 2.24) is 9.97 Å². The molecular weight excluding hydrogens is 218 g/mol. The van der Waals surface area contributed by atoms with E-state index in [0.717, 1.165) is 30.6 Å². The maximum absolute atomic E-state index is 11.7. The molecule has 0 radical (unpaired) electrons. The van der Waals surface area contributed by atoms with Crippen molar-refractivity contribution in [3.63, 3.8) is 0 Å². The summed E-state index contributed by atoms with van der Waals surface area (Å²) >= 11 is 0. The lowest BCUT2D eigenvalue weighted by Crippen LogP contribution is -2.21. The Morgan fingerprint density at radius 3 is 3.00 bits per heavy atom. The van der Waals surface area contributed by atoms with E-state index in [1.165, 1.54) is 0 Å². The van der Waals surface area contributed by atoms with Gasteiger partial charge in [0, 0.05) is 12.0 Å². The Morgan fingerprint density at radius 2 is 2.24 bits per heavy atom. The molecule has 2 heterocycles. The lowest BCUT2D eigenvalue weighted by molar-refractivity contribution is 0.298. The van der Waals surface area contributed by atoms with E-state index in [0.29, 0.717) is 11.1 Å². The van der Waals surface area contributed by atoms with E-state index in [9.17, 15) is 4.79 Å². The lowest BCUT2D eigenvalue weighted by atomic mass is 9.76. The van der Waals surface area contributed by atoms with Crippen LogP contribution in [0.5, 0.6) is 0 Å². The van der Waals surface area contributed by atoms with E-state index in [1.807, 2.05) is 0 Å². The van der Waals surface area contributed by atoms with Crippen LogP contribution in [0.2, 0.25) is 0 Å². The maximum Gasteiger partial charge on any atom is 0.295 e. The molecule has 0 aromatic carbocycles. The van der Waals surface area contributed by atoms with E-state index in [2.05, 4.69) is 23.8 Å². The number of nitrogens with zero attached hydrogens (tertiary/aromatic N) is 1. The van der Waals surface area contributed by atoms with Crippen LogP contribution in [0.1, 0.15) is 31.6 Å². The van der Waals surface area contributed by atoms with Crippen molar-refractivity contribution < 1.29 is 4.42 Å². The molecule has 0 bridgehead atoms. The second-order valence-electron chi connectivity index (χ2n) is 5.47. The molecule has 1 aliphatic rings. The number of aromatic amines is 1. The largest absolute Gasteiger partial charge is 0.453 e. The van der Waals surface area contributed by atoms with Gasteiger partial charge in [-0.1, -0.05) is 13.8 Å². The standard InChI is InChI=1S/C12H15N3O2/c1-12(2)4-3-7-6(5-12)8-9(17-7)10(16)15-11(13)14-8/h3-5H2,1-2H3,(H3,13,14,15,16). The van der Waals surface area contributed by atoms with Gasteiger partial charge in [-0.15, -0.1) is 0 Å². The summed E-state index contributed by atoms with van der Waals surface area (Å²) in [6, 6.07) is 0. The number of fused-ring (bicyclic) bond motifs is 3. The molecule has 3 N–H and O–H groups in total. The van der Waals surface area contributed by atoms with Crippen LogP contribution in [-0.2, 0) is 12.8 Å². The molecule has 2 aromatic rings. The minimum atomic E-state index is -0.292. The first-order chi connectivity index (χ1) is 7.96. The molecule has 17 heavy (non-hydrogen) atoms. The van der Waals surface area contributed by atoms with Crippen LogP contribution in [0.25, 0.3) is 11.1 Å². The van der Waals surface area contributed by atoms with Gasteiger partial charge in [-0.05, 0) is 18.3 Å². The molecule has 1 aliphatic carbocycles. The first kappa shape index (κ1) is 10.4. The Bertz CT molecular complexity index is 652. The number of hydrogen-bond donors (Lipinski definition) is 2. The van der Waals surface area contributed by atoms with E-state index in [-0.39, 0.29) is 16.9 Å². The van der Waals surface area contributed by atoms with Crippen LogP contribution in [0.4, 0.5) is 5.95 Å². The van der Waals surface area contributed by atoms with Gasteiger partial charge in [0.25, 0.3) is 5.56 Å². The highest BCUT2D eigenvalue weighted by Gasteiger charge is 2.30. The molecular formula is C12H15N3O2. The van der Waals surface area contributed by atoms with E-state index >= 15 is 0 Å². The smallest absolute Gasteiger partial charge is 0.295 e. The van der Waals surface area contributed by atoms with Gasteiger partial charge in [0.15, 0.2) is 0 Å². The van der Waals surface area contributed by atoms with Gasteiger partial charge in [-0.2, -0.15) is 0 Å². The summed E-state index contributed by atoms with van der Waals surface area (Å²) in [6.45, 7) is 4.43. The molecule has 2 aromatic heterocycles. The van der Waals surface area contributed by atoms with Gasteiger partial charge in [0.05, 0.1) is 0 Å². The zero-order valence-corrected chi connectivity index (χ0v) is 9.96. The zero-order chi connectivity index (χ0) is 12.2. The van der Waals surface area contributed by atoms with Crippen LogP contribution in [0.15, 0.2) is 9.21 Å². The van der Waals surface area contributed by atoms with Crippen LogP contribution in [0, 0.1) is 5.41 Å². The summed E-state index contributed by atoms with van der Waals surface area (Å²) in [5.41, 5.74) is 7.50. The van der Waals surface area contributed by atoms with Crippen molar-refractivity contribution in [3.8, 4) is 0 Å². The molecule has 0 aliphatic heterocycles. The van der Waals surface area contributed by atoms with Gasteiger partial charge >= 0.3 is 0 Å². The Balaban J connectivity index is 2.32. The molecule has 3 rings (SSSR count).